The molecule has 2 amide bonds. The summed E-state index contributed by atoms with van der Waals surface area (Å²) in [6, 6.07) is 11.7. The van der Waals surface area contributed by atoms with Gasteiger partial charge in [-0.25, -0.2) is 0 Å². The maximum Gasteiger partial charge on any atom is 0.257 e. The van der Waals surface area contributed by atoms with Crippen molar-refractivity contribution in [3.05, 3.63) is 59.0 Å². The Kier molecular flexibility index (Phi) is 4.52. The minimum absolute atomic E-state index is 0.0107. The zero-order chi connectivity index (χ0) is 19.1. The minimum atomic E-state index is -0.497. The summed E-state index contributed by atoms with van der Waals surface area (Å²) < 4.78 is 11.0. The highest BCUT2D eigenvalue weighted by atomic mass is 16.5. The molecule has 2 aromatic rings. The van der Waals surface area contributed by atoms with Gasteiger partial charge in [0.15, 0.2) is 0 Å². The molecule has 0 N–H and O–H groups in total. The summed E-state index contributed by atoms with van der Waals surface area (Å²) in [5.74, 6) is 1.32. The number of likely N-dealkylation sites (tertiary alicyclic amines) is 2. The van der Waals surface area contributed by atoms with Crippen molar-refractivity contribution >= 4 is 11.8 Å². The Labute approximate surface area is 158 Å². The average Bonchev–Trinajstić information content (AvgIpc) is 3.29. The second-order valence-corrected chi connectivity index (χ2v) is 7.38. The summed E-state index contributed by atoms with van der Waals surface area (Å²) >= 11 is 0. The van der Waals surface area contributed by atoms with Crippen LogP contribution in [0.25, 0.3) is 0 Å². The highest BCUT2D eigenvalue weighted by Crippen LogP contribution is 2.36. The molecule has 0 spiro atoms. The van der Waals surface area contributed by atoms with Crippen molar-refractivity contribution in [2.75, 3.05) is 20.2 Å². The highest BCUT2D eigenvalue weighted by Gasteiger charge is 2.53. The largest absolute Gasteiger partial charge is 0.466 e. The molecule has 27 heavy (non-hydrogen) atoms. The van der Waals surface area contributed by atoms with E-state index in [9.17, 15) is 9.59 Å². The third kappa shape index (κ3) is 3.04. The van der Waals surface area contributed by atoms with E-state index in [0.29, 0.717) is 31.0 Å². The number of furan rings is 1. The van der Waals surface area contributed by atoms with Crippen LogP contribution in [0.2, 0.25) is 0 Å². The summed E-state index contributed by atoms with van der Waals surface area (Å²) in [4.78, 5) is 29.5. The summed E-state index contributed by atoms with van der Waals surface area (Å²) in [6.45, 7) is 5.21. The maximum absolute atomic E-state index is 13.0. The summed E-state index contributed by atoms with van der Waals surface area (Å²) in [5, 5.41) is 0. The Morgan fingerprint density at radius 1 is 1.22 bits per heavy atom. The second kappa shape index (κ2) is 6.85. The van der Waals surface area contributed by atoms with E-state index < -0.39 is 6.10 Å². The van der Waals surface area contributed by atoms with Crippen LogP contribution in [0.3, 0.4) is 0 Å². The first-order chi connectivity index (χ1) is 13.0. The lowest BCUT2D eigenvalue weighted by atomic mass is 10.0. The van der Waals surface area contributed by atoms with E-state index >= 15 is 0 Å². The molecule has 6 heteroatoms. The van der Waals surface area contributed by atoms with Gasteiger partial charge in [0, 0.05) is 32.7 Å². The number of hydrogen-bond donors (Lipinski definition) is 0. The smallest absolute Gasteiger partial charge is 0.257 e. The van der Waals surface area contributed by atoms with Crippen LogP contribution in [0.1, 0.15) is 27.4 Å². The second-order valence-electron chi connectivity index (χ2n) is 7.38. The molecule has 2 fully saturated rings. The Morgan fingerprint density at radius 3 is 2.59 bits per heavy atom. The fraction of sp³-hybridized carbons (Fsp3) is 0.429. The van der Waals surface area contributed by atoms with Crippen molar-refractivity contribution in [1.29, 1.82) is 0 Å². The lowest BCUT2D eigenvalue weighted by Crippen LogP contribution is -2.40. The van der Waals surface area contributed by atoms with Crippen molar-refractivity contribution in [2.24, 2.45) is 5.92 Å². The van der Waals surface area contributed by atoms with Crippen LogP contribution in [-0.2, 0) is 16.1 Å². The van der Waals surface area contributed by atoms with Crippen LogP contribution in [0, 0.1) is 19.8 Å². The van der Waals surface area contributed by atoms with E-state index in [1.807, 2.05) is 47.1 Å². The van der Waals surface area contributed by atoms with Crippen LogP contribution in [-0.4, -0.2) is 54.0 Å². The molecule has 3 atom stereocenters. The Morgan fingerprint density at radius 2 is 1.96 bits per heavy atom. The number of methoxy groups -OCH3 is 1. The summed E-state index contributed by atoms with van der Waals surface area (Å²) in [7, 11) is 1.57. The van der Waals surface area contributed by atoms with E-state index in [2.05, 4.69) is 0 Å². The van der Waals surface area contributed by atoms with Gasteiger partial charge in [-0.1, -0.05) is 30.3 Å². The monoisotopic (exact) mass is 368 g/mol. The zero-order valence-corrected chi connectivity index (χ0v) is 15.8. The first-order valence-corrected chi connectivity index (χ1v) is 9.23. The number of benzene rings is 1. The van der Waals surface area contributed by atoms with Gasteiger partial charge in [-0.2, -0.15) is 0 Å². The number of aryl methyl sites for hydroxylation is 2. The summed E-state index contributed by atoms with van der Waals surface area (Å²) in [5.41, 5.74) is 1.68. The number of carbonyl (C=O) groups is 2. The van der Waals surface area contributed by atoms with Gasteiger partial charge in [-0.15, -0.1) is 0 Å². The topological polar surface area (TPSA) is 63.0 Å². The van der Waals surface area contributed by atoms with Gasteiger partial charge < -0.3 is 19.0 Å². The fourth-order valence-electron chi connectivity index (χ4n) is 4.38. The number of carbonyl (C=O) groups excluding carboxylic acids is 2. The lowest BCUT2D eigenvalue weighted by Gasteiger charge is -2.25. The Bertz CT molecular complexity index is 860. The van der Waals surface area contributed by atoms with Crippen molar-refractivity contribution in [1.82, 2.24) is 9.80 Å². The normalized spacial score (nSPS) is 24.6. The number of rotatable bonds is 4. The number of nitrogens with zero attached hydrogens (tertiary/aromatic N) is 2. The first kappa shape index (κ1) is 17.8. The Hall–Kier alpha value is -2.60. The predicted octanol–water partition coefficient (Wildman–Crippen LogP) is 2.39. The molecule has 0 bridgehead atoms. The van der Waals surface area contributed by atoms with Gasteiger partial charge in [0.25, 0.3) is 11.8 Å². The van der Waals surface area contributed by atoms with Crippen LogP contribution in [0.15, 0.2) is 40.8 Å². The molecule has 4 rings (SSSR count). The van der Waals surface area contributed by atoms with E-state index in [1.54, 1.807) is 20.1 Å². The van der Waals surface area contributed by atoms with Crippen LogP contribution < -0.4 is 0 Å². The molecular weight excluding hydrogens is 344 g/mol. The molecule has 1 aromatic carbocycles. The maximum atomic E-state index is 13.0. The molecular formula is C21H24N2O4. The van der Waals surface area contributed by atoms with E-state index in [-0.39, 0.29) is 23.8 Å². The molecule has 0 aliphatic carbocycles. The lowest BCUT2D eigenvalue weighted by molar-refractivity contribution is -0.138. The molecule has 3 heterocycles. The van der Waals surface area contributed by atoms with Gasteiger partial charge in [-0.05, 0) is 25.5 Å². The van der Waals surface area contributed by atoms with Gasteiger partial charge in [-0.3, -0.25) is 9.59 Å². The molecule has 142 valence electrons. The van der Waals surface area contributed by atoms with Crippen LogP contribution in [0.5, 0.6) is 0 Å². The quantitative estimate of drug-likeness (QED) is 0.831. The van der Waals surface area contributed by atoms with Gasteiger partial charge in [0.1, 0.15) is 17.6 Å². The standard InChI is InChI=1S/C21H24N2O4/c1-13-9-16(14(2)27-13)20(24)22-11-17-18(12-22)23(21(25)19(17)26-3)10-15-7-5-4-6-8-15/h4-9,17-19H,10-12H2,1-3H3/t17-,18+,19-/m0/s1. The van der Waals surface area contributed by atoms with Crippen LogP contribution in [0.4, 0.5) is 0 Å². The van der Waals surface area contributed by atoms with E-state index in [4.69, 9.17) is 9.15 Å². The van der Waals surface area contributed by atoms with Crippen molar-refractivity contribution in [3.63, 3.8) is 0 Å². The minimum Gasteiger partial charge on any atom is -0.466 e. The number of hydrogen-bond acceptors (Lipinski definition) is 4. The molecule has 2 saturated heterocycles. The molecule has 2 aliphatic heterocycles. The molecule has 0 saturated carbocycles. The van der Waals surface area contributed by atoms with Gasteiger partial charge >= 0.3 is 0 Å². The van der Waals surface area contributed by atoms with Crippen LogP contribution >= 0.6 is 0 Å². The summed E-state index contributed by atoms with van der Waals surface area (Å²) in [6.07, 6.45) is -0.497. The van der Waals surface area contributed by atoms with E-state index in [0.717, 1.165) is 11.3 Å². The number of amides is 2. The predicted molar refractivity (Wildman–Crippen MR) is 99.2 cm³/mol. The Balaban J connectivity index is 1.56. The van der Waals surface area contributed by atoms with Gasteiger partial charge in [0.2, 0.25) is 0 Å². The van der Waals surface area contributed by atoms with Crippen molar-refractivity contribution in [2.45, 2.75) is 32.5 Å². The zero-order valence-electron chi connectivity index (χ0n) is 15.8. The first-order valence-electron chi connectivity index (χ1n) is 9.23. The van der Waals surface area contributed by atoms with Crippen molar-refractivity contribution in [3.8, 4) is 0 Å². The SMILES string of the molecule is CO[C@@H]1C(=O)N(Cc2ccccc2)[C@@H]2CN(C(=O)c3cc(C)oc3C)C[C@H]12. The molecule has 1 aromatic heterocycles. The van der Waals surface area contributed by atoms with E-state index in [1.165, 1.54) is 0 Å². The highest BCUT2D eigenvalue weighted by molar-refractivity contribution is 5.96. The fourth-order valence-corrected chi connectivity index (χ4v) is 4.38. The third-order valence-corrected chi connectivity index (χ3v) is 5.66. The third-order valence-electron chi connectivity index (χ3n) is 5.66. The molecule has 0 unspecified atom stereocenters. The average molecular weight is 368 g/mol. The van der Waals surface area contributed by atoms with Gasteiger partial charge in [0.05, 0.1) is 11.6 Å². The number of ether oxygens (including phenoxy) is 1. The molecule has 2 aliphatic rings. The van der Waals surface area contributed by atoms with Crippen molar-refractivity contribution < 1.29 is 18.7 Å². The molecule has 0 radical (unpaired) electrons. The molecule has 6 nitrogen and oxygen atoms in total. The number of fused-ring (bicyclic) bond motifs is 1.